The highest BCUT2D eigenvalue weighted by Crippen LogP contribution is 2.27. The van der Waals surface area contributed by atoms with E-state index in [-0.39, 0.29) is 0 Å². The molecule has 0 aromatic carbocycles. The molecule has 0 saturated carbocycles. The summed E-state index contributed by atoms with van der Waals surface area (Å²) in [6, 6.07) is 3.88. The summed E-state index contributed by atoms with van der Waals surface area (Å²) in [6.07, 6.45) is 3.54. The van der Waals surface area contributed by atoms with Crippen molar-refractivity contribution >= 4 is 11.8 Å². The van der Waals surface area contributed by atoms with Crippen molar-refractivity contribution < 1.29 is 0 Å². The van der Waals surface area contributed by atoms with Gasteiger partial charge in [-0.05, 0) is 43.3 Å². The van der Waals surface area contributed by atoms with Crippen LogP contribution in [-0.2, 0) is 6.54 Å². The van der Waals surface area contributed by atoms with Crippen molar-refractivity contribution in [3.05, 3.63) is 41.5 Å². The second-order valence-electron chi connectivity index (χ2n) is 3.72. The number of hydrogen-bond acceptors (Lipinski definition) is 5. The highest BCUT2D eigenvalue weighted by molar-refractivity contribution is 7.99. The minimum Gasteiger partial charge on any atom is -0.326 e. The Kier molecular flexibility index (Phi) is 3.71. The molecule has 0 spiro atoms. The van der Waals surface area contributed by atoms with Crippen LogP contribution in [0.1, 0.15) is 17.0 Å². The average molecular weight is 246 g/mol. The highest BCUT2D eigenvalue weighted by atomic mass is 32.2. The normalized spacial score (nSPS) is 10.5. The SMILES string of the molecule is Cc1cc(C)nc(Sc2cnccc2CN)n1. The maximum Gasteiger partial charge on any atom is 0.192 e. The number of nitrogens with zero attached hydrogens (tertiary/aromatic N) is 3. The zero-order chi connectivity index (χ0) is 12.3. The Bertz CT molecular complexity index is 507. The molecule has 0 atom stereocenters. The highest BCUT2D eigenvalue weighted by Gasteiger charge is 2.06. The molecule has 0 aliphatic rings. The first-order valence-corrected chi connectivity index (χ1v) is 6.14. The first-order valence-electron chi connectivity index (χ1n) is 5.32. The van der Waals surface area contributed by atoms with Crippen LogP contribution in [0.5, 0.6) is 0 Å². The van der Waals surface area contributed by atoms with Gasteiger partial charge in [0, 0.05) is 35.2 Å². The van der Waals surface area contributed by atoms with Crippen LogP contribution in [0.4, 0.5) is 0 Å². The quantitative estimate of drug-likeness (QED) is 0.840. The summed E-state index contributed by atoms with van der Waals surface area (Å²) in [6.45, 7) is 4.42. The smallest absolute Gasteiger partial charge is 0.192 e. The van der Waals surface area contributed by atoms with Crippen LogP contribution >= 0.6 is 11.8 Å². The molecule has 2 N–H and O–H groups in total. The molecule has 0 saturated heterocycles. The van der Waals surface area contributed by atoms with Gasteiger partial charge in [0.15, 0.2) is 5.16 Å². The lowest BCUT2D eigenvalue weighted by Gasteiger charge is -2.06. The predicted octanol–water partition coefficient (Wildman–Crippen LogP) is 2.10. The number of nitrogens with two attached hydrogens (primary N) is 1. The van der Waals surface area contributed by atoms with Gasteiger partial charge in [0.1, 0.15) is 0 Å². The van der Waals surface area contributed by atoms with Crippen molar-refractivity contribution in [1.29, 1.82) is 0 Å². The summed E-state index contributed by atoms with van der Waals surface area (Å²) in [7, 11) is 0. The molecule has 4 nitrogen and oxygen atoms in total. The third-order valence-corrected chi connectivity index (χ3v) is 3.21. The third-order valence-electron chi connectivity index (χ3n) is 2.25. The molecule has 5 heteroatoms. The molecule has 0 radical (unpaired) electrons. The Morgan fingerprint density at radius 3 is 2.59 bits per heavy atom. The Hall–Kier alpha value is -1.46. The lowest BCUT2D eigenvalue weighted by molar-refractivity contribution is 0.898. The molecule has 0 aliphatic heterocycles. The molecule has 88 valence electrons. The Labute approximate surface area is 105 Å². The van der Waals surface area contributed by atoms with E-state index in [1.54, 1.807) is 12.4 Å². The number of aromatic nitrogens is 3. The van der Waals surface area contributed by atoms with Crippen molar-refractivity contribution in [2.75, 3.05) is 0 Å². The summed E-state index contributed by atoms with van der Waals surface area (Å²) >= 11 is 1.50. The lowest BCUT2D eigenvalue weighted by Crippen LogP contribution is -1.99. The molecule has 2 aromatic heterocycles. The molecule has 0 fully saturated rings. The minimum absolute atomic E-state index is 0.496. The van der Waals surface area contributed by atoms with E-state index in [4.69, 9.17) is 5.73 Å². The van der Waals surface area contributed by atoms with Gasteiger partial charge in [-0.3, -0.25) is 4.98 Å². The van der Waals surface area contributed by atoms with Gasteiger partial charge in [-0.1, -0.05) is 0 Å². The van der Waals surface area contributed by atoms with Gasteiger partial charge in [0.2, 0.25) is 0 Å². The molecule has 2 heterocycles. The summed E-state index contributed by atoms with van der Waals surface area (Å²) in [5, 5.41) is 0.741. The maximum atomic E-state index is 5.68. The molecular formula is C12H14N4S. The standard InChI is InChI=1S/C12H14N4S/c1-8-5-9(2)16-12(15-8)17-11-7-14-4-3-10(11)6-13/h3-5,7H,6,13H2,1-2H3. The van der Waals surface area contributed by atoms with Crippen LogP contribution in [0, 0.1) is 13.8 Å². The fraction of sp³-hybridized carbons (Fsp3) is 0.250. The van der Waals surface area contributed by atoms with Gasteiger partial charge >= 0.3 is 0 Å². The molecular weight excluding hydrogens is 232 g/mol. The lowest BCUT2D eigenvalue weighted by atomic mass is 10.3. The van der Waals surface area contributed by atoms with E-state index in [0.29, 0.717) is 6.54 Å². The van der Waals surface area contributed by atoms with Crippen LogP contribution < -0.4 is 5.73 Å². The van der Waals surface area contributed by atoms with Gasteiger partial charge in [-0.25, -0.2) is 9.97 Å². The van der Waals surface area contributed by atoms with Crippen LogP contribution in [0.15, 0.2) is 34.6 Å². The van der Waals surface area contributed by atoms with E-state index in [0.717, 1.165) is 27.0 Å². The van der Waals surface area contributed by atoms with Crippen molar-refractivity contribution in [2.24, 2.45) is 5.73 Å². The molecule has 0 aliphatic carbocycles. The Morgan fingerprint density at radius 1 is 1.24 bits per heavy atom. The molecule has 0 bridgehead atoms. The van der Waals surface area contributed by atoms with E-state index < -0.39 is 0 Å². The zero-order valence-electron chi connectivity index (χ0n) is 9.84. The summed E-state index contributed by atoms with van der Waals surface area (Å²) < 4.78 is 0. The van der Waals surface area contributed by atoms with E-state index in [2.05, 4.69) is 15.0 Å². The predicted molar refractivity (Wildman–Crippen MR) is 67.8 cm³/mol. The van der Waals surface area contributed by atoms with Crippen molar-refractivity contribution in [3.8, 4) is 0 Å². The maximum absolute atomic E-state index is 5.68. The van der Waals surface area contributed by atoms with E-state index >= 15 is 0 Å². The van der Waals surface area contributed by atoms with Gasteiger partial charge in [0.05, 0.1) is 0 Å². The number of pyridine rings is 1. The minimum atomic E-state index is 0.496. The van der Waals surface area contributed by atoms with Gasteiger partial charge < -0.3 is 5.73 Å². The number of aryl methyl sites for hydroxylation is 2. The zero-order valence-corrected chi connectivity index (χ0v) is 10.7. The second kappa shape index (κ2) is 5.25. The molecule has 2 rings (SSSR count). The molecule has 0 amide bonds. The van der Waals surface area contributed by atoms with Crippen molar-refractivity contribution in [2.45, 2.75) is 30.4 Å². The summed E-state index contributed by atoms with van der Waals surface area (Å²) in [5.74, 6) is 0. The van der Waals surface area contributed by atoms with Gasteiger partial charge in [-0.15, -0.1) is 0 Å². The fourth-order valence-electron chi connectivity index (χ4n) is 1.51. The topological polar surface area (TPSA) is 64.7 Å². The first kappa shape index (κ1) is 12.0. The monoisotopic (exact) mass is 246 g/mol. The number of hydrogen-bond donors (Lipinski definition) is 1. The second-order valence-corrected chi connectivity index (χ2v) is 4.73. The Balaban J connectivity index is 2.31. The molecule has 17 heavy (non-hydrogen) atoms. The van der Waals surface area contributed by atoms with Crippen molar-refractivity contribution in [3.63, 3.8) is 0 Å². The van der Waals surface area contributed by atoms with Gasteiger partial charge in [-0.2, -0.15) is 0 Å². The van der Waals surface area contributed by atoms with Crippen LogP contribution in [0.25, 0.3) is 0 Å². The van der Waals surface area contributed by atoms with Crippen LogP contribution in [0.2, 0.25) is 0 Å². The van der Waals surface area contributed by atoms with Crippen LogP contribution in [0.3, 0.4) is 0 Å². The van der Waals surface area contributed by atoms with E-state index in [9.17, 15) is 0 Å². The van der Waals surface area contributed by atoms with Gasteiger partial charge in [0.25, 0.3) is 0 Å². The number of rotatable bonds is 3. The third kappa shape index (κ3) is 3.01. The fourth-order valence-corrected chi connectivity index (χ4v) is 2.48. The first-order chi connectivity index (χ1) is 8.19. The van der Waals surface area contributed by atoms with Crippen LogP contribution in [-0.4, -0.2) is 15.0 Å². The van der Waals surface area contributed by atoms with E-state index in [1.807, 2.05) is 26.0 Å². The summed E-state index contributed by atoms with van der Waals surface area (Å²) in [5.41, 5.74) is 8.69. The van der Waals surface area contributed by atoms with Crippen molar-refractivity contribution in [1.82, 2.24) is 15.0 Å². The molecule has 0 unspecified atom stereocenters. The largest absolute Gasteiger partial charge is 0.326 e. The van der Waals surface area contributed by atoms with E-state index in [1.165, 1.54) is 11.8 Å². The Morgan fingerprint density at radius 2 is 1.94 bits per heavy atom. The molecule has 2 aromatic rings. The average Bonchev–Trinajstić information content (AvgIpc) is 2.28. The summed E-state index contributed by atoms with van der Waals surface area (Å²) in [4.78, 5) is 13.9.